The lowest BCUT2D eigenvalue weighted by molar-refractivity contribution is 0.600. The lowest BCUT2D eigenvalue weighted by atomic mass is 10.1. The van der Waals surface area contributed by atoms with Gasteiger partial charge < -0.3 is 0 Å². The number of aromatic nitrogens is 1. The number of nitrogens with one attached hydrogen (secondary N) is 1. The van der Waals surface area contributed by atoms with Crippen molar-refractivity contribution < 1.29 is 8.42 Å². The Morgan fingerprint density at radius 2 is 1.95 bits per heavy atom. The van der Waals surface area contributed by atoms with Gasteiger partial charge in [-0.1, -0.05) is 12.1 Å². The SMILES string of the molecule is Cc1cccc(NS(=O)(=O)c2ccc(C#N)nc2)c1C. The molecule has 0 fully saturated rings. The number of nitriles is 1. The molecule has 0 aliphatic rings. The quantitative estimate of drug-likeness (QED) is 0.939. The van der Waals surface area contributed by atoms with Crippen molar-refractivity contribution in [2.24, 2.45) is 0 Å². The molecule has 0 aliphatic carbocycles. The summed E-state index contributed by atoms with van der Waals surface area (Å²) in [6, 6.07) is 9.99. The Balaban J connectivity index is 2.36. The molecule has 0 saturated heterocycles. The maximum Gasteiger partial charge on any atom is 0.263 e. The van der Waals surface area contributed by atoms with E-state index in [0.29, 0.717) is 5.69 Å². The summed E-state index contributed by atoms with van der Waals surface area (Å²) in [5.41, 5.74) is 2.59. The average Bonchev–Trinajstić information content (AvgIpc) is 2.44. The summed E-state index contributed by atoms with van der Waals surface area (Å²) in [6.07, 6.45) is 1.17. The van der Waals surface area contributed by atoms with Gasteiger partial charge in [-0.05, 0) is 43.2 Å². The summed E-state index contributed by atoms with van der Waals surface area (Å²) in [5, 5.41) is 8.66. The van der Waals surface area contributed by atoms with E-state index in [1.165, 1.54) is 18.3 Å². The second kappa shape index (κ2) is 5.31. The first kappa shape index (κ1) is 14.0. The van der Waals surface area contributed by atoms with Crippen molar-refractivity contribution in [2.75, 3.05) is 4.72 Å². The third-order valence-corrected chi connectivity index (χ3v) is 4.36. The summed E-state index contributed by atoms with van der Waals surface area (Å²) in [7, 11) is -3.70. The molecule has 1 aromatic carbocycles. The Hall–Kier alpha value is -2.39. The van der Waals surface area contributed by atoms with Crippen LogP contribution in [0, 0.1) is 25.2 Å². The van der Waals surface area contributed by atoms with Gasteiger partial charge in [-0.25, -0.2) is 13.4 Å². The molecule has 0 saturated carbocycles. The third-order valence-electron chi connectivity index (χ3n) is 3.01. The van der Waals surface area contributed by atoms with Crippen LogP contribution in [-0.4, -0.2) is 13.4 Å². The summed E-state index contributed by atoms with van der Waals surface area (Å²) in [5.74, 6) is 0. The van der Waals surface area contributed by atoms with Crippen molar-refractivity contribution in [3.05, 3.63) is 53.3 Å². The number of hydrogen-bond acceptors (Lipinski definition) is 4. The molecule has 0 atom stereocenters. The van der Waals surface area contributed by atoms with Gasteiger partial charge in [0.25, 0.3) is 10.0 Å². The molecule has 1 aromatic heterocycles. The highest BCUT2D eigenvalue weighted by molar-refractivity contribution is 7.92. The van der Waals surface area contributed by atoms with E-state index in [-0.39, 0.29) is 10.6 Å². The first-order chi connectivity index (χ1) is 9.44. The summed E-state index contributed by atoms with van der Waals surface area (Å²) in [4.78, 5) is 3.79. The zero-order chi connectivity index (χ0) is 14.8. The minimum absolute atomic E-state index is 0.0254. The molecule has 1 heterocycles. The second-order valence-electron chi connectivity index (χ2n) is 4.34. The molecule has 2 aromatic rings. The van der Waals surface area contributed by atoms with Crippen LogP contribution in [0.2, 0.25) is 0 Å². The van der Waals surface area contributed by atoms with Crippen molar-refractivity contribution in [3.63, 3.8) is 0 Å². The molecule has 1 N–H and O–H groups in total. The van der Waals surface area contributed by atoms with E-state index < -0.39 is 10.0 Å². The molecule has 20 heavy (non-hydrogen) atoms. The minimum atomic E-state index is -3.70. The van der Waals surface area contributed by atoms with E-state index >= 15 is 0 Å². The fourth-order valence-electron chi connectivity index (χ4n) is 1.67. The molecule has 6 heteroatoms. The zero-order valence-electron chi connectivity index (χ0n) is 11.1. The molecule has 0 bridgehead atoms. The standard InChI is InChI=1S/C14H13N3O2S/c1-10-4-3-5-14(11(10)2)17-20(18,19)13-7-6-12(8-15)16-9-13/h3-7,9,17H,1-2H3. The fourth-order valence-corrected chi connectivity index (χ4v) is 2.74. The number of pyridine rings is 1. The number of aryl methyl sites for hydroxylation is 1. The fraction of sp³-hybridized carbons (Fsp3) is 0.143. The number of sulfonamides is 1. The molecule has 0 spiro atoms. The van der Waals surface area contributed by atoms with Gasteiger partial charge in [-0.15, -0.1) is 0 Å². The van der Waals surface area contributed by atoms with Crippen LogP contribution < -0.4 is 4.72 Å². The molecule has 2 rings (SSSR count). The summed E-state index contributed by atoms with van der Waals surface area (Å²) < 4.78 is 27.0. The first-order valence-electron chi connectivity index (χ1n) is 5.89. The van der Waals surface area contributed by atoms with Crippen LogP contribution in [0.3, 0.4) is 0 Å². The highest BCUT2D eigenvalue weighted by Crippen LogP contribution is 2.21. The lowest BCUT2D eigenvalue weighted by Crippen LogP contribution is -2.14. The predicted molar refractivity (Wildman–Crippen MR) is 75.7 cm³/mol. The third kappa shape index (κ3) is 2.78. The molecule has 0 radical (unpaired) electrons. The Labute approximate surface area is 118 Å². The van der Waals surface area contributed by atoms with E-state index in [4.69, 9.17) is 5.26 Å². The van der Waals surface area contributed by atoms with Crippen LogP contribution in [0.1, 0.15) is 16.8 Å². The van der Waals surface area contributed by atoms with E-state index in [0.717, 1.165) is 11.1 Å². The lowest BCUT2D eigenvalue weighted by Gasteiger charge is -2.11. The normalized spacial score (nSPS) is 10.8. The smallest absolute Gasteiger partial charge is 0.263 e. The van der Waals surface area contributed by atoms with Crippen LogP contribution in [0.5, 0.6) is 0 Å². The van der Waals surface area contributed by atoms with Crippen LogP contribution in [-0.2, 0) is 10.0 Å². The van der Waals surface area contributed by atoms with Gasteiger partial charge in [0.1, 0.15) is 16.7 Å². The Kier molecular flexibility index (Phi) is 3.72. The van der Waals surface area contributed by atoms with Crippen molar-refractivity contribution in [1.29, 1.82) is 5.26 Å². The van der Waals surface area contributed by atoms with E-state index in [1.54, 1.807) is 12.1 Å². The number of nitrogens with zero attached hydrogens (tertiary/aromatic N) is 2. The van der Waals surface area contributed by atoms with Gasteiger partial charge in [0.05, 0.1) is 5.69 Å². The van der Waals surface area contributed by atoms with E-state index in [1.807, 2.05) is 26.0 Å². The molecular formula is C14H13N3O2S. The van der Waals surface area contributed by atoms with Gasteiger partial charge in [0.2, 0.25) is 0 Å². The van der Waals surface area contributed by atoms with Gasteiger partial charge in [0, 0.05) is 6.20 Å². The number of anilines is 1. The van der Waals surface area contributed by atoms with Crippen LogP contribution in [0.25, 0.3) is 0 Å². The number of rotatable bonds is 3. The molecule has 102 valence electrons. The maximum absolute atomic E-state index is 12.2. The average molecular weight is 287 g/mol. The van der Waals surface area contributed by atoms with Crippen molar-refractivity contribution >= 4 is 15.7 Å². The van der Waals surface area contributed by atoms with Crippen LogP contribution >= 0.6 is 0 Å². The second-order valence-corrected chi connectivity index (χ2v) is 6.03. The Morgan fingerprint density at radius 3 is 2.55 bits per heavy atom. The van der Waals surface area contributed by atoms with E-state index in [2.05, 4.69) is 9.71 Å². The predicted octanol–water partition coefficient (Wildman–Crippen LogP) is 2.37. The van der Waals surface area contributed by atoms with Gasteiger partial charge in [0.15, 0.2) is 0 Å². The summed E-state index contributed by atoms with van der Waals surface area (Å²) >= 11 is 0. The van der Waals surface area contributed by atoms with Gasteiger partial charge in [-0.2, -0.15) is 5.26 Å². The van der Waals surface area contributed by atoms with E-state index in [9.17, 15) is 8.42 Å². The minimum Gasteiger partial charge on any atom is -0.279 e. The zero-order valence-corrected chi connectivity index (χ0v) is 11.9. The maximum atomic E-state index is 12.2. The largest absolute Gasteiger partial charge is 0.279 e. The monoisotopic (exact) mass is 287 g/mol. The summed E-state index contributed by atoms with van der Waals surface area (Å²) in [6.45, 7) is 3.76. The highest BCUT2D eigenvalue weighted by Gasteiger charge is 2.16. The molecule has 0 unspecified atom stereocenters. The van der Waals surface area contributed by atoms with Gasteiger partial charge in [-0.3, -0.25) is 4.72 Å². The van der Waals surface area contributed by atoms with Crippen molar-refractivity contribution in [2.45, 2.75) is 18.7 Å². The molecule has 0 aliphatic heterocycles. The molecule has 0 amide bonds. The van der Waals surface area contributed by atoms with Crippen molar-refractivity contribution in [3.8, 4) is 6.07 Å². The Bertz CT molecular complexity index is 775. The molecular weight excluding hydrogens is 274 g/mol. The number of hydrogen-bond donors (Lipinski definition) is 1. The molecule has 5 nitrogen and oxygen atoms in total. The van der Waals surface area contributed by atoms with Gasteiger partial charge >= 0.3 is 0 Å². The van der Waals surface area contributed by atoms with Crippen LogP contribution in [0.15, 0.2) is 41.4 Å². The first-order valence-corrected chi connectivity index (χ1v) is 7.37. The Morgan fingerprint density at radius 1 is 1.20 bits per heavy atom. The van der Waals surface area contributed by atoms with Crippen LogP contribution in [0.4, 0.5) is 5.69 Å². The topological polar surface area (TPSA) is 82.9 Å². The highest BCUT2D eigenvalue weighted by atomic mass is 32.2. The number of benzene rings is 1. The van der Waals surface area contributed by atoms with Crippen molar-refractivity contribution in [1.82, 2.24) is 4.98 Å².